The van der Waals surface area contributed by atoms with Gasteiger partial charge in [-0.1, -0.05) is 18.2 Å². The van der Waals surface area contributed by atoms with Crippen LogP contribution in [0.1, 0.15) is 5.56 Å². The SMILES string of the molecule is NCC(COCc1ccccc1F)C(F)(F)F. The summed E-state index contributed by atoms with van der Waals surface area (Å²) in [4.78, 5) is 0. The van der Waals surface area contributed by atoms with Gasteiger partial charge in [0.25, 0.3) is 0 Å². The predicted octanol–water partition coefficient (Wildman–Crippen LogP) is 2.48. The largest absolute Gasteiger partial charge is 0.395 e. The van der Waals surface area contributed by atoms with Crippen molar-refractivity contribution in [3.8, 4) is 0 Å². The molecule has 0 bridgehead atoms. The molecule has 0 spiro atoms. The molecule has 0 aliphatic heterocycles. The summed E-state index contributed by atoms with van der Waals surface area (Å²) in [7, 11) is 0. The lowest BCUT2D eigenvalue weighted by molar-refractivity contribution is -0.186. The maximum Gasteiger partial charge on any atom is 0.395 e. The zero-order valence-corrected chi connectivity index (χ0v) is 9.01. The van der Waals surface area contributed by atoms with E-state index >= 15 is 0 Å². The molecule has 1 atom stereocenters. The molecule has 0 aromatic heterocycles. The molecule has 1 rings (SSSR count). The highest BCUT2D eigenvalue weighted by Gasteiger charge is 2.38. The summed E-state index contributed by atoms with van der Waals surface area (Å²) in [6, 6.07) is 5.77. The molecule has 0 radical (unpaired) electrons. The maximum absolute atomic E-state index is 13.1. The van der Waals surface area contributed by atoms with Gasteiger partial charge in [-0.25, -0.2) is 4.39 Å². The predicted molar refractivity (Wildman–Crippen MR) is 54.7 cm³/mol. The number of hydrogen-bond donors (Lipinski definition) is 1. The van der Waals surface area contributed by atoms with Crippen molar-refractivity contribution < 1.29 is 22.3 Å². The minimum Gasteiger partial charge on any atom is -0.376 e. The van der Waals surface area contributed by atoms with Gasteiger partial charge in [-0.2, -0.15) is 13.2 Å². The average Bonchev–Trinajstić information content (AvgIpc) is 2.25. The van der Waals surface area contributed by atoms with Crippen LogP contribution < -0.4 is 5.73 Å². The van der Waals surface area contributed by atoms with Gasteiger partial charge in [-0.05, 0) is 6.07 Å². The standard InChI is InChI=1S/C11H13F4NO/c12-10-4-2-1-3-8(10)6-17-7-9(5-16)11(13,14)15/h1-4,9H,5-7,16H2. The first-order valence-electron chi connectivity index (χ1n) is 5.03. The average molecular weight is 251 g/mol. The van der Waals surface area contributed by atoms with Crippen molar-refractivity contribution >= 4 is 0 Å². The van der Waals surface area contributed by atoms with Gasteiger partial charge in [0.1, 0.15) is 5.82 Å². The highest BCUT2D eigenvalue weighted by atomic mass is 19.4. The molecule has 96 valence electrons. The Kier molecular flexibility index (Phi) is 4.89. The summed E-state index contributed by atoms with van der Waals surface area (Å²) < 4.78 is 54.8. The summed E-state index contributed by atoms with van der Waals surface area (Å²) in [5, 5.41) is 0. The van der Waals surface area contributed by atoms with Crippen molar-refractivity contribution in [2.45, 2.75) is 12.8 Å². The lowest BCUT2D eigenvalue weighted by Crippen LogP contribution is -2.34. The molecule has 2 N–H and O–H groups in total. The molecule has 1 unspecified atom stereocenters. The van der Waals surface area contributed by atoms with Crippen LogP contribution in [-0.2, 0) is 11.3 Å². The number of rotatable bonds is 5. The molecular formula is C11H13F4NO. The van der Waals surface area contributed by atoms with Crippen LogP contribution in [0.5, 0.6) is 0 Å². The zero-order valence-electron chi connectivity index (χ0n) is 9.01. The summed E-state index contributed by atoms with van der Waals surface area (Å²) >= 11 is 0. The molecular weight excluding hydrogens is 238 g/mol. The summed E-state index contributed by atoms with van der Waals surface area (Å²) in [6.45, 7) is -1.30. The van der Waals surface area contributed by atoms with Gasteiger partial charge >= 0.3 is 6.18 Å². The number of benzene rings is 1. The second kappa shape index (κ2) is 5.97. The third-order valence-electron chi connectivity index (χ3n) is 2.28. The van der Waals surface area contributed by atoms with Gasteiger partial charge in [0, 0.05) is 12.1 Å². The molecule has 0 fully saturated rings. The quantitative estimate of drug-likeness (QED) is 0.816. The molecule has 0 amide bonds. The molecule has 17 heavy (non-hydrogen) atoms. The number of alkyl halides is 3. The van der Waals surface area contributed by atoms with Crippen LogP contribution in [-0.4, -0.2) is 19.3 Å². The van der Waals surface area contributed by atoms with Crippen LogP contribution in [0, 0.1) is 11.7 Å². The minimum absolute atomic E-state index is 0.195. The van der Waals surface area contributed by atoms with E-state index in [0.29, 0.717) is 0 Å². The lowest BCUT2D eigenvalue weighted by Gasteiger charge is -2.18. The Labute approximate surface area is 96.4 Å². The second-order valence-corrected chi connectivity index (χ2v) is 3.58. The Morgan fingerprint density at radius 1 is 1.24 bits per heavy atom. The van der Waals surface area contributed by atoms with Gasteiger partial charge in [0.2, 0.25) is 0 Å². The molecule has 2 nitrogen and oxygen atoms in total. The fourth-order valence-electron chi connectivity index (χ4n) is 1.22. The van der Waals surface area contributed by atoms with Crippen LogP contribution in [0.15, 0.2) is 24.3 Å². The van der Waals surface area contributed by atoms with E-state index in [0.717, 1.165) is 0 Å². The van der Waals surface area contributed by atoms with E-state index in [1.54, 1.807) is 6.07 Å². The first-order chi connectivity index (χ1) is 7.95. The smallest absolute Gasteiger partial charge is 0.376 e. The maximum atomic E-state index is 13.1. The molecule has 0 saturated heterocycles. The van der Waals surface area contributed by atoms with E-state index in [-0.39, 0.29) is 12.2 Å². The molecule has 0 saturated carbocycles. The summed E-state index contributed by atoms with van der Waals surface area (Å²) in [5.74, 6) is -2.21. The van der Waals surface area contributed by atoms with E-state index in [9.17, 15) is 17.6 Å². The molecule has 6 heteroatoms. The van der Waals surface area contributed by atoms with Crippen LogP contribution in [0.4, 0.5) is 17.6 Å². The number of ether oxygens (including phenoxy) is 1. The molecule has 0 aliphatic carbocycles. The molecule has 0 aliphatic rings. The summed E-state index contributed by atoms with van der Waals surface area (Å²) in [5.41, 5.74) is 5.22. The Morgan fingerprint density at radius 3 is 2.41 bits per heavy atom. The lowest BCUT2D eigenvalue weighted by atomic mass is 10.1. The topological polar surface area (TPSA) is 35.2 Å². The van der Waals surface area contributed by atoms with Crippen molar-refractivity contribution in [3.05, 3.63) is 35.6 Å². The Balaban J connectivity index is 2.45. The highest BCUT2D eigenvalue weighted by molar-refractivity contribution is 5.16. The third kappa shape index (κ3) is 4.32. The number of nitrogens with two attached hydrogens (primary N) is 1. The number of halogens is 4. The second-order valence-electron chi connectivity index (χ2n) is 3.58. The number of hydrogen-bond acceptors (Lipinski definition) is 2. The van der Waals surface area contributed by atoms with Gasteiger partial charge in [-0.3, -0.25) is 0 Å². The molecule has 1 aromatic carbocycles. The zero-order chi connectivity index (χ0) is 12.9. The van der Waals surface area contributed by atoms with E-state index in [1.165, 1.54) is 18.2 Å². The van der Waals surface area contributed by atoms with Gasteiger partial charge in [0.15, 0.2) is 0 Å². The van der Waals surface area contributed by atoms with Gasteiger partial charge in [-0.15, -0.1) is 0 Å². The normalized spacial score (nSPS) is 13.7. The van der Waals surface area contributed by atoms with E-state index in [2.05, 4.69) is 0 Å². The minimum atomic E-state index is -4.38. The molecule has 1 aromatic rings. The Morgan fingerprint density at radius 2 is 1.88 bits per heavy atom. The highest BCUT2D eigenvalue weighted by Crippen LogP contribution is 2.25. The first-order valence-corrected chi connectivity index (χ1v) is 5.03. The van der Waals surface area contributed by atoms with Crippen molar-refractivity contribution in [2.24, 2.45) is 11.7 Å². The fourth-order valence-corrected chi connectivity index (χ4v) is 1.22. The van der Waals surface area contributed by atoms with Crippen molar-refractivity contribution in [1.82, 2.24) is 0 Å². The Bertz CT molecular complexity index is 354. The van der Waals surface area contributed by atoms with Crippen LogP contribution in [0.3, 0.4) is 0 Å². The van der Waals surface area contributed by atoms with E-state index in [4.69, 9.17) is 10.5 Å². The monoisotopic (exact) mass is 251 g/mol. The van der Waals surface area contributed by atoms with Crippen molar-refractivity contribution in [1.29, 1.82) is 0 Å². The van der Waals surface area contributed by atoms with Crippen LogP contribution in [0.2, 0.25) is 0 Å². The fraction of sp³-hybridized carbons (Fsp3) is 0.455. The van der Waals surface area contributed by atoms with Gasteiger partial charge < -0.3 is 10.5 Å². The summed E-state index contributed by atoms with van der Waals surface area (Å²) in [6.07, 6.45) is -4.38. The van der Waals surface area contributed by atoms with Gasteiger partial charge in [0.05, 0.1) is 19.1 Å². The van der Waals surface area contributed by atoms with E-state index in [1.807, 2.05) is 0 Å². The third-order valence-corrected chi connectivity index (χ3v) is 2.28. The van der Waals surface area contributed by atoms with Crippen LogP contribution >= 0.6 is 0 Å². The van der Waals surface area contributed by atoms with Crippen molar-refractivity contribution in [2.75, 3.05) is 13.2 Å². The first kappa shape index (κ1) is 13.9. The Hall–Kier alpha value is -1.14. The van der Waals surface area contributed by atoms with E-state index < -0.39 is 31.1 Å². The molecule has 0 heterocycles. The van der Waals surface area contributed by atoms with Crippen LogP contribution in [0.25, 0.3) is 0 Å². The van der Waals surface area contributed by atoms with Crippen molar-refractivity contribution in [3.63, 3.8) is 0 Å².